The number of hydrogen-bond donors (Lipinski definition) is 0. The molecule has 1 rings (SSSR count). The summed E-state index contributed by atoms with van der Waals surface area (Å²) in [6.45, 7) is 0.530. The molecule has 0 unspecified atom stereocenters. The van der Waals surface area contributed by atoms with Gasteiger partial charge in [0, 0.05) is 13.6 Å². The van der Waals surface area contributed by atoms with Crippen LogP contribution in [0, 0.1) is 0 Å². The Bertz CT molecular complexity index is 419. The van der Waals surface area contributed by atoms with E-state index in [2.05, 4.69) is 12.1 Å². The number of alkyl halides is 1. The smallest absolute Gasteiger partial charge is 0.211 e. The van der Waals surface area contributed by atoms with Gasteiger partial charge in [0.05, 0.1) is 0 Å². The van der Waals surface area contributed by atoms with Gasteiger partial charge in [0.2, 0.25) is 10.0 Å². The summed E-state index contributed by atoms with van der Waals surface area (Å²) in [4.78, 5) is 0. The van der Waals surface area contributed by atoms with Gasteiger partial charge in [-0.3, -0.25) is 0 Å². The molecule has 0 aliphatic rings. The lowest BCUT2D eigenvalue weighted by atomic mass is 10.1. The molecule has 0 aromatic heterocycles. The largest absolute Gasteiger partial charge is 0.227 e. The molecule has 0 aliphatic carbocycles. The Morgan fingerprint density at radius 1 is 1.18 bits per heavy atom. The summed E-state index contributed by atoms with van der Waals surface area (Å²) >= 11 is 5.37. The van der Waals surface area contributed by atoms with Gasteiger partial charge >= 0.3 is 0 Å². The molecule has 0 aliphatic heterocycles. The molecule has 0 saturated heterocycles. The van der Waals surface area contributed by atoms with E-state index in [4.69, 9.17) is 11.6 Å². The van der Waals surface area contributed by atoms with Crippen molar-refractivity contribution in [3.05, 3.63) is 35.9 Å². The lowest BCUT2D eigenvalue weighted by Crippen LogP contribution is -2.28. The molecule has 0 N–H and O–H groups in total. The molecule has 0 fully saturated rings. The maximum absolute atomic E-state index is 11.4. The van der Waals surface area contributed by atoms with Crippen LogP contribution < -0.4 is 0 Å². The van der Waals surface area contributed by atoms with E-state index < -0.39 is 10.0 Å². The maximum atomic E-state index is 11.4. The van der Waals surface area contributed by atoms with Crippen LogP contribution >= 0.6 is 11.6 Å². The van der Waals surface area contributed by atoms with Crippen LogP contribution in [0.2, 0.25) is 0 Å². The number of nitrogens with zero attached hydrogens (tertiary/aromatic N) is 1. The molecule has 17 heavy (non-hydrogen) atoms. The quantitative estimate of drug-likeness (QED) is 0.566. The Morgan fingerprint density at radius 2 is 1.82 bits per heavy atom. The standard InChI is InChI=1S/C12H18ClNO2S/c1-14(17(15,16)11-13)10-6-5-9-12-7-3-2-4-8-12/h2-4,7-8H,5-6,9-11H2,1H3. The van der Waals surface area contributed by atoms with Crippen LogP contribution in [0.4, 0.5) is 0 Å². The molecular weight excluding hydrogens is 258 g/mol. The summed E-state index contributed by atoms with van der Waals surface area (Å²) in [5, 5.41) is -0.345. The molecule has 0 heterocycles. The zero-order valence-corrected chi connectivity index (χ0v) is 11.5. The second-order valence-electron chi connectivity index (χ2n) is 3.99. The van der Waals surface area contributed by atoms with E-state index in [0.29, 0.717) is 6.54 Å². The Hall–Kier alpha value is -0.580. The van der Waals surface area contributed by atoms with Crippen molar-refractivity contribution in [3.8, 4) is 0 Å². The molecule has 3 nitrogen and oxygen atoms in total. The molecular formula is C12H18ClNO2S. The average Bonchev–Trinajstić information content (AvgIpc) is 2.35. The molecule has 0 saturated carbocycles. The van der Waals surface area contributed by atoms with Crippen molar-refractivity contribution in [2.75, 3.05) is 18.8 Å². The second kappa shape index (κ2) is 6.99. The van der Waals surface area contributed by atoms with Gasteiger partial charge in [-0.25, -0.2) is 12.7 Å². The number of halogens is 1. The first-order valence-electron chi connectivity index (χ1n) is 5.60. The number of benzene rings is 1. The monoisotopic (exact) mass is 275 g/mol. The summed E-state index contributed by atoms with van der Waals surface area (Å²) in [7, 11) is -1.67. The number of sulfonamides is 1. The molecule has 0 radical (unpaired) electrons. The zero-order valence-electron chi connectivity index (χ0n) is 9.97. The minimum absolute atomic E-state index is 0.345. The highest BCUT2D eigenvalue weighted by molar-refractivity contribution is 7.90. The van der Waals surface area contributed by atoms with E-state index in [1.54, 1.807) is 7.05 Å². The van der Waals surface area contributed by atoms with Crippen LogP contribution in [0.15, 0.2) is 30.3 Å². The third kappa shape index (κ3) is 5.06. The van der Waals surface area contributed by atoms with Crippen LogP contribution in [0.3, 0.4) is 0 Å². The summed E-state index contributed by atoms with van der Waals surface area (Å²) in [6.07, 6.45) is 2.81. The average molecular weight is 276 g/mol. The number of rotatable bonds is 7. The first-order chi connectivity index (χ1) is 8.06. The molecule has 1 aromatic rings. The van der Waals surface area contributed by atoms with Gasteiger partial charge in [0.15, 0.2) is 0 Å². The number of unbranched alkanes of at least 4 members (excludes halogenated alkanes) is 1. The molecule has 96 valence electrons. The zero-order chi connectivity index (χ0) is 12.7. The van der Waals surface area contributed by atoms with Crippen LogP contribution in [0.25, 0.3) is 0 Å². The summed E-state index contributed by atoms with van der Waals surface area (Å²) in [6, 6.07) is 10.2. The van der Waals surface area contributed by atoms with Gasteiger partial charge in [-0.2, -0.15) is 0 Å². The first-order valence-corrected chi connectivity index (χ1v) is 7.74. The normalized spacial score (nSPS) is 11.9. The summed E-state index contributed by atoms with van der Waals surface area (Å²) in [5.74, 6) is 0. The Balaban J connectivity index is 2.25. The lowest BCUT2D eigenvalue weighted by Gasteiger charge is -2.14. The minimum atomic E-state index is -3.24. The number of aryl methyl sites for hydroxylation is 1. The molecule has 0 atom stereocenters. The van der Waals surface area contributed by atoms with Crippen molar-refractivity contribution < 1.29 is 8.42 Å². The lowest BCUT2D eigenvalue weighted by molar-refractivity contribution is 0.459. The Morgan fingerprint density at radius 3 is 2.41 bits per heavy atom. The van der Waals surface area contributed by atoms with Crippen molar-refractivity contribution in [2.24, 2.45) is 0 Å². The highest BCUT2D eigenvalue weighted by Gasteiger charge is 2.14. The van der Waals surface area contributed by atoms with E-state index in [0.717, 1.165) is 19.3 Å². The van der Waals surface area contributed by atoms with Gasteiger partial charge in [-0.05, 0) is 24.8 Å². The molecule has 1 aromatic carbocycles. The van der Waals surface area contributed by atoms with Crippen LogP contribution in [-0.4, -0.2) is 31.5 Å². The first kappa shape index (κ1) is 14.5. The summed E-state index contributed by atoms with van der Waals surface area (Å²) < 4.78 is 24.0. The van der Waals surface area contributed by atoms with Gasteiger partial charge in [0.1, 0.15) is 5.21 Å². The van der Waals surface area contributed by atoms with E-state index in [1.165, 1.54) is 9.87 Å². The SMILES string of the molecule is CN(CCCCc1ccccc1)S(=O)(=O)CCl. The van der Waals surface area contributed by atoms with Crippen molar-refractivity contribution >= 4 is 21.6 Å². The third-order valence-electron chi connectivity index (χ3n) is 2.64. The van der Waals surface area contributed by atoms with E-state index in [1.807, 2.05) is 18.2 Å². The molecule has 5 heteroatoms. The fourth-order valence-electron chi connectivity index (χ4n) is 1.53. The Kier molecular flexibility index (Phi) is 5.95. The Labute approximate surface area is 108 Å². The van der Waals surface area contributed by atoms with E-state index in [9.17, 15) is 8.42 Å². The highest BCUT2D eigenvalue weighted by Crippen LogP contribution is 2.07. The van der Waals surface area contributed by atoms with Crippen molar-refractivity contribution in [2.45, 2.75) is 19.3 Å². The molecule has 0 spiro atoms. The second-order valence-corrected chi connectivity index (χ2v) is 6.65. The maximum Gasteiger partial charge on any atom is 0.227 e. The van der Waals surface area contributed by atoms with Crippen molar-refractivity contribution in [1.29, 1.82) is 0 Å². The third-order valence-corrected chi connectivity index (χ3v) is 4.88. The van der Waals surface area contributed by atoms with Gasteiger partial charge in [0.25, 0.3) is 0 Å². The molecule has 0 bridgehead atoms. The van der Waals surface area contributed by atoms with Gasteiger partial charge in [-0.15, -0.1) is 11.6 Å². The van der Waals surface area contributed by atoms with Crippen LogP contribution in [0.1, 0.15) is 18.4 Å². The fraction of sp³-hybridized carbons (Fsp3) is 0.500. The fourth-order valence-corrected chi connectivity index (χ4v) is 2.60. The topological polar surface area (TPSA) is 37.4 Å². The predicted molar refractivity (Wildman–Crippen MR) is 71.6 cm³/mol. The van der Waals surface area contributed by atoms with E-state index >= 15 is 0 Å². The highest BCUT2D eigenvalue weighted by atomic mass is 35.5. The van der Waals surface area contributed by atoms with Gasteiger partial charge in [-0.1, -0.05) is 30.3 Å². The van der Waals surface area contributed by atoms with Crippen LogP contribution in [0.5, 0.6) is 0 Å². The minimum Gasteiger partial charge on any atom is -0.211 e. The van der Waals surface area contributed by atoms with Crippen LogP contribution in [-0.2, 0) is 16.4 Å². The number of hydrogen-bond acceptors (Lipinski definition) is 2. The predicted octanol–water partition coefficient (Wildman–Crippen LogP) is 2.47. The molecule has 0 amide bonds. The van der Waals surface area contributed by atoms with Crippen molar-refractivity contribution in [1.82, 2.24) is 4.31 Å². The summed E-state index contributed by atoms with van der Waals surface area (Å²) in [5.41, 5.74) is 1.29. The van der Waals surface area contributed by atoms with Gasteiger partial charge < -0.3 is 0 Å². The van der Waals surface area contributed by atoms with Crippen molar-refractivity contribution in [3.63, 3.8) is 0 Å². The van der Waals surface area contributed by atoms with E-state index in [-0.39, 0.29) is 5.21 Å².